The van der Waals surface area contributed by atoms with E-state index in [4.69, 9.17) is 9.47 Å². The Balaban J connectivity index is 1.44. The van der Waals surface area contributed by atoms with E-state index < -0.39 is 0 Å². The minimum Gasteiger partial charge on any atom is -0.454 e. The average molecular weight is 355 g/mol. The van der Waals surface area contributed by atoms with Crippen molar-refractivity contribution >= 4 is 34.4 Å². The number of nitrogens with zero attached hydrogens (tertiary/aromatic N) is 1. The Morgan fingerprint density at radius 1 is 1.24 bits per heavy atom. The van der Waals surface area contributed by atoms with E-state index in [1.807, 2.05) is 32.0 Å². The maximum absolute atomic E-state index is 12.4. The van der Waals surface area contributed by atoms with Crippen molar-refractivity contribution in [2.75, 3.05) is 12.1 Å². The summed E-state index contributed by atoms with van der Waals surface area (Å²) in [6.07, 6.45) is 0. The molecule has 0 saturated heterocycles. The lowest BCUT2D eigenvalue weighted by atomic mass is 10.2. The van der Waals surface area contributed by atoms with Gasteiger partial charge >= 0.3 is 0 Å². The van der Waals surface area contributed by atoms with Crippen molar-refractivity contribution in [2.24, 2.45) is 0 Å². The lowest BCUT2D eigenvalue weighted by Crippen LogP contribution is -2.22. The number of imidazole rings is 1. The van der Waals surface area contributed by atoms with Gasteiger partial charge in [0.1, 0.15) is 0 Å². The van der Waals surface area contributed by atoms with Crippen molar-refractivity contribution in [3.8, 4) is 11.5 Å². The number of benzene rings is 2. The third-order valence-electron chi connectivity index (χ3n) is 3.91. The molecule has 7 heteroatoms. The second kappa shape index (κ2) is 6.33. The Hall–Kier alpha value is -2.67. The van der Waals surface area contributed by atoms with Gasteiger partial charge < -0.3 is 19.8 Å². The maximum atomic E-state index is 12.4. The lowest BCUT2D eigenvalue weighted by Gasteiger charge is -2.11. The van der Waals surface area contributed by atoms with E-state index in [1.165, 1.54) is 17.3 Å². The number of carbonyl (C=O) groups is 1. The fourth-order valence-electron chi connectivity index (χ4n) is 2.60. The molecular weight excluding hydrogens is 338 g/mol. The number of amides is 1. The summed E-state index contributed by atoms with van der Waals surface area (Å²) in [5, 5.41) is 3.33. The SMILES string of the molecule is Cc1ccc2nc(SC(C)C(=O)Nc3ccc4c(c3)OCO4)[nH]c2c1. The minimum atomic E-state index is -0.299. The molecule has 0 bridgehead atoms. The molecule has 0 fully saturated rings. The summed E-state index contributed by atoms with van der Waals surface area (Å²) < 4.78 is 10.6. The normalized spacial score (nSPS) is 13.8. The molecule has 0 spiro atoms. The third kappa shape index (κ3) is 3.28. The highest BCUT2D eigenvalue weighted by molar-refractivity contribution is 8.00. The highest BCUT2D eigenvalue weighted by atomic mass is 32.2. The Bertz CT molecular complexity index is 954. The van der Waals surface area contributed by atoms with E-state index in [0.717, 1.165) is 16.2 Å². The number of rotatable bonds is 4. The number of hydrogen-bond donors (Lipinski definition) is 2. The van der Waals surface area contributed by atoms with Gasteiger partial charge in [-0.25, -0.2) is 4.98 Å². The third-order valence-corrected chi connectivity index (χ3v) is 4.90. The van der Waals surface area contributed by atoms with E-state index >= 15 is 0 Å². The van der Waals surface area contributed by atoms with Crippen molar-refractivity contribution in [3.63, 3.8) is 0 Å². The zero-order valence-corrected chi connectivity index (χ0v) is 14.6. The fourth-order valence-corrected chi connectivity index (χ4v) is 3.42. The van der Waals surface area contributed by atoms with E-state index in [2.05, 4.69) is 15.3 Å². The number of fused-ring (bicyclic) bond motifs is 2. The molecule has 1 aliphatic rings. The number of aromatic nitrogens is 2. The van der Waals surface area contributed by atoms with Gasteiger partial charge in [0.25, 0.3) is 0 Å². The molecule has 0 saturated carbocycles. The predicted octanol–water partition coefficient (Wildman–Crippen LogP) is 3.72. The van der Waals surface area contributed by atoms with Gasteiger partial charge in [-0.15, -0.1) is 0 Å². The van der Waals surface area contributed by atoms with Crippen molar-refractivity contribution in [2.45, 2.75) is 24.3 Å². The highest BCUT2D eigenvalue weighted by Gasteiger charge is 2.19. The molecule has 2 N–H and O–H groups in total. The van der Waals surface area contributed by atoms with Crippen LogP contribution in [0, 0.1) is 6.92 Å². The molecule has 1 atom stereocenters. The largest absolute Gasteiger partial charge is 0.454 e. The van der Waals surface area contributed by atoms with Crippen LogP contribution in [0.2, 0.25) is 0 Å². The van der Waals surface area contributed by atoms with Crippen LogP contribution in [0.4, 0.5) is 5.69 Å². The predicted molar refractivity (Wildman–Crippen MR) is 97.3 cm³/mol. The van der Waals surface area contributed by atoms with Crippen molar-refractivity contribution in [3.05, 3.63) is 42.0 Å². The van der Waals surface area contributed by atoms with Crippen LogP contribution in [-0.2, 0) is 4.79 Å². The van der Waals surface area contributed by atoms with Gasteiger partial charge in [0.05, 0.1) is 16.3 Å². The zero-order chi connectivity index (χ0) is 17.4. The van der Waals surface area contributed by atoms with Crippen LogP contribution in [0.1, 0.15) is 12.5 Å². The molecule has 2 aromatic carbocycles. The number of thioether (sulfide) groups is 1. The molecule has 6 nitrogen and oxygen atoms in total. The first-order valence-corrected chi connectivity index (χ1v) is 8.80. The molecule has 0 aliphatic carbocycles. The molecule has 1 amide bonds. The van der Waals surface area contributed by atoms with Crippen LogP contribution in [0.3, 0.4) is 0 Å². The van der Waals surface area contributed by atoms with Gasteiger partial charge in [-0.3, -0.25) is 4.79 Å². The quantitative estimate of drug-likeness (QED) is 0.698. The zero-order valence-electron chi connectivity index (χ0n) is 13.8. The van der Waals surface area contributed by atoms with Gasteiger partial charge in [-0.05, 0) is 43.7 Å². The number of anilines is 1. The van der Waals surface area contributed by atoms with Gasteiger partial charge in [-0.1, -0.05) is 17.8 Å². The molecule has 0 radical (unpaired) electrons. The number of nitrogens with one attached hydrogen (secondary N) is 2. The number of aromatic amines is 1. The Morgan fingerprint density at radius 2 is 2.08 bits per heavy atom. The molecule has 1 aromatic heterocycles. The summed E-state index contributed by atoms with van der Waals surface area (Å²) in [6.45, 7) is 4.10. The van der Waals surface area contributed by atoms with Crippen LogP contribution in [0.5, 0.6) is 11.5 Å². The first kappa shape index (κ1) is 15.8. The summed E-state index contributed by atoms with van der Waals surface area (Å²) in [7, 11) is 0. The standard InChI is InChI=1S/C18H17N3O3S/c1-10-3-5-13-14(7-10)21-18(20-13)25-11(2)17(22)19-12-4-6-15-16(8-12)24-9-23-15/h3-8,11H,9H2,1-2H3,(H,19,22)(H,20,21). The van der Waals surface area contributed by atoms with Crippen LogP contribution < -0.4 is 14.8 Å². The number of aryl methyl sites for hydroxylation is 1. The number of ether oxygens (including phenoxy) is 2. The fraction of sp³-hybridized carbons (Fsp3) is 0.222. The van der Waals surface area contributed by atoms with Gasteiger partial charge in [0.2, 0.25) is 12.7 Å². The summed E-state index contributed by atoms with van der Waals surface area (Å²) in [5.74, 6) is 1.24. The van der Waals surface area contributed by atoms with Gasteiger partial charge in [-0.2, -0.15) is 0 Å². The first-order valence-electron chi connectivity index (χ1n) is 7.92. The molecule has 3 aromatic rings. The molecule has 2 heterocycles. The Kier molecular flexibility index (Phi) is 4.01. The second-order valence-corrected chi connectivity index (χ2v) is 7.21. The first-order chi connectivity index (χ1) is 12.1. The van der Waals surface area contributed by atoms with Crippen molar-refractivity contribution < 1.29 is 14.3 Å². The summed E-state index contributed by atoms with van der Waals surface area (Å²) in [5.41, 5.74) is 3.73. The average Bonchev–Trinajstić information content (AvgIpc) is 3.19. The molecule has 4 rings (SSSR count). The minimum absolute atomic E-state index is 0.0968. The smallest absolute Gasteiger partial charge is 0.237 e. The molecular formula is C18H17N3O3S. The summed E-state index contributed by atoms with van der Waals surface area (Å²) in [4.78, 5) is 20.2. The van der Waals surface area contributed by atoms with E-state index in [9.17, 15) is 4.79 Å². The number of hydrogen-bond acceptors (Lipinski definition) is 5. The van der Waals surface area contributed by atoms with Crippen molar-refractivity contribution in [1.82, 2.24) is 9.97 Å². The lowest BCUT2D eigenvalue weighted by molar-refractivity contribution is -0.115. The number of H-pyrrole nitrogens is 1. The second-order valence-electron chi connectivity index (χ2n) is 5.88. The molecule has 1 aliphatic heterocycles. The topological polar surface area (TPSA) is 76.2 Å². The monoisotopic (exact) mass is 355 g/mol. The molecule has 25 heavy (non-hydrogen) atoms. The van der Waals surface area contributed by atoms with Gasteiger partial charge in [0.15, 0.2) is 16.7 Å². The highest BCUT2D eigenvalue weighted by Crippen LogP contribution is 2.34. The van der Waals surface area contributed by atoms with Crippen LogP contribution in [0.15, 0.2) is 41.6 Å². The maximum Gasteiger partial charge on any atom is 0.237 e. The van der Waals surface area contributed by atoms with Crippen LogP contribution in [0.25, 0.3) is 11.0 Å². The van der Waals surface area contributed by atoms with E-state index in [-0.39, 0.29) is 18.0 Å². The van der Waals surface area contributed by atoms with Crippen molar-refractivity contribution in [1.29, 1.82) is 0 Å². The molecule has 128 valence electrons. The summed E-state index contributed by atoms with van der Waals surface area (Å²) in [6, 6.07) is 11.4. The Morgan fingerprint density at radius 3 is 2.96 bits per heavy atom. The summed E-state index contributed by atoms with van der Waals surface area (Å²) >= 11 is 1.39. The number of carbonyl (C=O) groups excluding carboxylic acids is 1. The van der Waals surface area contributed by atoms with Crippen LogP contribution in [-0.4, -0.2) is 27.9 Å². The van der Waals surface area contributed by atoms with Crippen LogP contribution >= 0.6 is 11.8 Å². The van der Waals surface area contributed by atoms with E-state index in [0.29, 0.717) is 17.2 Å². The van der Waals surface area contributed by atoms with E-state index in [1.54, 1.807) is 18.2 Å². The van der Waals surface area contributed by atoms with Gasteiger partial charge in [0, 0.05) is 11.8 Å². The Labute approximate surface area is 148 Å². The molecule has 1 unspecified atom stereocenters.